The van der Waals surface area contributed by atoms with Gasteiger partial charge in [-0.05, 0) is 31.2 Å². The Labute approximate surface area is 150 Å². The van der Waals surface area contributed by atoms with Gasteiger partial charge in [-0.1, -0.05) is 0 Å². The minimum absolute atomic E-state index is 0.360. The van der Waals surface area contributed by atoms with E-state index in [1.54, 1.807) is 12.3 Å². The average molecular weight is 401 g/mol. The summed E-state index contributed by atoms with van der Waals surface area (Å²) in [6.45, 7) is 1.73. The number of alkyl halides is 3. The molecule has 1 aromatic heterocycles. The molecule has 0 atom stereocenters. The summed E-state index contributed by atoms with van der Waals surface area (Å²) in [6, 6.07) is 3.46. The minimum atomic E-state index is -5.02. The molecular weight excluding hydrogens is 391 g/mol. The van der Waals surface area contributed by atoms with Crippen LogP contribution in [0.5, 0.6) is 0 Å². The Hall–Kier alpha value is -2.71. The molecule has 0 unspecified atom stereocenters. The van der Waals surface area contributed by atoms with E-state index in [0.29, 0.717) is 17.8 Å². The predicted molar refractivity (Wildman–Crippen MR) is 87.4 cm³/mol. The van der Waals surface area contributed by atoms with Crippen molar-refractivity contribution in [3.05, 3.63) is 51.5 Å². The van der Waals surface area contributed by atoms with Gasteiger partial charge in [-0.3, -0.25) is 4.79 Å². The van der Waals surface area contributed by atoms with E-state index in [-0.39, 0.29) is 5.56 Å². The van der Waals surface area contributed by atoms with E-state index in [1.807, 2.05) is 0 Å². The zero-order chi connectivity index (χ0) is 19.5. The van der Waals surface area contributed by atoms with E-state index >= 15 is 0 Å². The topological polar surface area (TPSA) is 99.9 Å². The second-order valence-electron chi connectivity index (χ2n) is 4.91. The average Bonchev–Trinajstić information content (AvgIpc) is 2.96. The highest BCUT2D eigenvalue weighted by molar-refractivity contribution is 7.90. The maximum atomic E-state index is 13.1. The number of carbonyl (C=O) groups excluding carboxylic acids is 1. The van der Waals surface area contributed by atoms with Gasteiger partial charge in [-0.25, -0.2) is 18.1 Å². The Morgan fingerprint density at radius 3 is 2.62 bits per heavy atom. The van der Waals surface area contributed by atoms with Crippen molar-refractivity contribution in [3.8, 4) is 6.07 Å². The summed E-state index contributed by atoms with van der Waals surface area (Å²) in [6.07, 6.45) is -2.94. The third-order valence-electron chi connectivity index (χ3n) is 2.98. The highest BCUT2D eigenvalue weighted by atomic mass is 32.2. The van der Waals surface area contributed by atoms with Crippen LogP contribution in [0.4, 0.5) is 13.2 Å². The maximum Gasteiger partial charge on any atom is 0.417 e. The normalized spacial score (nSPS) is 12.1. The first-order chi connectivity index (χ1) is 12.0. The molecule has 0 saturated carbocycles. The van der Waals surface area contributed by atoms with Crippen LogP contribution in [0.25, 0.3) is 6.08 Å². The van der Waals surface area contributed by atoms with Crippen LogP contribution >= 0.6 is 11.3 Å². The highest BCUT2D eigenvalue weighted by Gasteiger charge is 2.37. The fourth-order valence-corrected chi connectivity index (χ4v) is 3.63. The molecule has 0 aliphatic rings. The molecule has 11 heteroatoms. The van der Waals surface area contributed by atoms with Gasteiger partial charge in [0.15, 0.2) is 0 Å². The van der Waals surface area contributed by atoms with Crippen LogP contribution < -0.4 is 4.72 Å². The van der Waals surface area contributed by atoms with E-state index in [9.17, 15) is 26.4 Å². The van der Waals surface area contributed by atoms with Gasteiger partial charge in [0.05, 0.1) is 32.8 Å². The molecule has 0 radical (unpaired) electrons. The van der Waals surface area contributed by atoms with Crippen LogP contribution in [0.15, 0.2) is 34.6 Å². The maximum absolute atomic E-state index is 13.1. The molecule has 2 rings (SSSR count). The molecule has 1 N–H and O–H groups in total. The smallest absolute Gasteiger partial charge is 0.269 e. The molecule has 0 aliphatic carbocycles. The number of hydrogen-bond donors (Lipinski definition) is 1. The number of aromatic nitrogens is 1. The number of nitrogens with zero attached hydrogens (tertiary/aromatic N) is 2. The summed E-state index contributed by atoms with van der Waals surface area (Å²) >= 11 is 1.31. The Morgan fingerprint density at radius 1 is 1.38 bits per heavy atom. The lowest BCUT2D eigenvalue weighted by atomic mass is 10.1. The van der Waals surface area contributed by atoms with Gasteiger partial charge in [0, 0.05) is 11.5 Å². The number of rotatable bonds is 4. The van der Waals surface area contributed by atoms with Gasteiger partial charge in [-0.2, -0.15) is 18.4 Å². The van der Waals surface area contributed by atoms with Crippen molar-refractivity contribution in [1.82, 2.24) is 9.71 Å². The quantitative estimate of drug-likeness (QED) is 0.794. The van der Waals surface area contributed by atoms with Gasteiger partial charge in [0.1, 0.15) is 0 Å². The third kappa shape index (κ3) is 4.68. The van der Waals surface area contributed by atoms with Crippen LogP contribution in [0.2, 0.25) is 0 Å². The lowest BCUT2D eigenvalue weighted by Gasteiger charge is -2.13. The molecule has 2 aromatic rings. The van der Waals surface area contributed by atoms with Crippen molar-refractivity contribution in [1.29, 1.82) is 5.26 Å². The molecule has 1 heterocycles. The SMILES string of the molecule is Cc1nc(C=CC(=O)NS(=O)(=O)c2ccc(C#N)cc2C(F)(F)F)cs1. The standard InChI is InChI=1S/C15H10F3N3O3S2/c1-9-20-11(8-25-9)3-5-14(22)21-26(23,24)13-4-2-10(7-19)6-12(13)15(16,17)18/h2-6,8H,1H3,(H,21,22). The molecule has 0 bridgehead atoms. The predicted octanol–water partition coefficient (Wildman–Crippen LogP) is 2.86. The molecule has 0 fully saturated rings. The van der Waals surface area contributed by atoms with Crippen molar-refractivity contribution in [2.24, 2.45) is 0 Å². The largest absolute Gasteiger partial charge is 0.417 e. The number of benzene rings is 1. The summed E-state index contributed by atoms with van der Waals surface area (Å²) in [5.74, 6) is -1.13. The molecule has 1 aromatic carbocycles. The number of aryl methyl sites for hydroxylation is 1. The molecule has 6 nitrogen and oxygen atoms in total. The van der Waals surface area contributed by atoms with Crippen molar-refractivity contribution in [3.63, 3.8) is 0 Å². The molecule has 136 valence electrons. The molecule has 0 saturated heterocycles. The summed E-state index contributed by atoms with van der Waals surface area (Å²) < 4.78 is 65.2. The first kappa shape index (κ1) is 19.6. The van der Waals surface area contributed by atoms with Crippen molar-refractivity contribution < 1.29 is 26.4 Å². The Kier molecular flexibility index (Phi) is 5.48. The Bertz CT molecular complexity index is 1020. The van der Waals surface area contributed by atoms with E-state index in [0.717, 1.165) is 17.2 Å². The van der Waals surface area contributed by atoms with Crippen molar-refractivity contribution in [2.75, 3.05) is 0 Å². The zero-order valence-corrected chi connectivity index (χ0v) is 14.7. The fraction of sp³-hybridized carbons (Fsp3) is 0.133. The van der Waals surface area contributed by atoms with Crippen LogP contribution in [0, 0.1) is 18.3 Å². The van der Waals surface area contributed by atoms with E-state index in [2.05, 4.69) is 4.98 Å². The summed E-state index contributed by atoms with van der Waals surface area (Å²) in [7, 11) is -4.80. The lowest BCUT2D eigenvalue weighted by Crippen LogP contribution is -2.30. The van der Waals surface area contributed by atoms with Gasteiger partial charge >= 0.3 is 6.18 Å². The van der Waals surface area contributed by atoms with Gasteiger partial charge in [-0.15, -0.1) is 11.3 Å². The number of nitriles is 1. The number of carbonyl (C=O) groups is 1. The zero-order valence-electron chi connectivity index (χ0n) is 13.0. The van der Waals surface area contributed by atoms with Crippen LogP contribution in [-0.2, 0) is 21.0 Å². The third-order valence-corrected chi connectivity index (χ3v) is 5.18. The summed E-state index contributed by atoms with van der Waals surface area (Å²) in [5, 5.41) is 11.0. The van der Waals surface area contributed by atoms with Crippen molar-refractivity contribution >= 4 is 33.3 Å². The number of thiazole rings is 1. The monoisotopic (exact) mass is 401 g/mol. The molecular formula is C15H10F3N3O3S2. The van der Waals surface area contributed by atoms with Gasteiger partial charge in [0.25, 0.3) is 15.9 Å². The Balaban J connectivity index is 2.31. The molecule has 26 heavy (non-hydrogen) atoms. The number of sulfonamides is 1. The number of hydrogen-bond acceptors (Lipinski definition) is 6. The molecule has 0 aliphatic heterocycles. The second-order valence-corrected chi connectivity index (χ2v) is 7.63. The van der Waals surface area contributed by atoms with Gasteiger partial charge < -0.3 is 0 Å². The second kappa shape index (κ2) is 7.27. The van der Waals surface area contributed by atoms with Crippen molar-refractivity contribution in [2.45, 2.75) is 18.0 Å². The Morgan fingerprint density at radius 2 is 2.08 bits per heavy atom. The highest BCUT2D eigenvalue weighted by Crippen LogP contribution is 2.34. The first-order valence-electron chi connectivity index (χ1n) is 6.81. The van der Waals surface area contributed by atoms with Crippen LogP contribution in [0.1, 0.15) is 21.8 Å². The number of halogens is 3. The summed E-state index contributed by atoms with van der Waals surface area (Å²) in [4.78, 5) is 14.6. The van der Waals surface area contributed by atoms with Gasteiger partial charge in [0.2, 0.25) is 0 Å². The molecule has 1 amide bonds. The first-order valence-corrected chi connectivity index (χ1v) is 9.17. The van der Waals surface area contributed by atoms with Crippen LogP contribution in [-0.4, -0.2) is 19.3 Å². The number of nitrogens with one attached hydrogen (secondary N) is 1. The van der Waals surface area contributed by atoms with E-state index in [4.69, 9.17) is 5.26 Å². The van der Waals surface area contributed by atoms with E-state index in [1.165, 1.54) is 28.2 Å². The molecule has 0 spiro atoms. The minimum Gasteiger partial charge on any atom is -0.269 e. The lowest BCUT2D eigenvalue weighted by molar-refractivity contribution is -0.140. The van der Waals surface area contributed by atoms with Crippen LogP contribution in [0.3, 0.4) is 0 Å². The van der Waals surface area contributed by atoms with E-state index < -0.39 is 32.6 Å². The fourth-order valence-electron chi connectivity index (χ4n) is 1.89. The number of amides is 1. The summed E-state index contributed by atoms with van der Waals surface area (Å²) in [5.41, 5.74) is -1.48.